The molecular weight excluding hydrogens is 390 g/mol. The zero-order valence-electron chi connectivity index (χ0n) is 14.1. The average molecular weight is 406 g/mol. The summed E-state index contributed by atoms with van der Waals surface area (Å²) in [4.78, 5) is 12.0. The second kappa shape index (κ2) is 8.32. The number of amides is 1. The smallest absolute Gasteiger partial charge is 0.335 e. The lowest BCUT2D eigenvalue weighted by atomic mass is 10.2. The minimum atomic E-state index is -3.72. The normalized spacial score (nSPS) is 11.3. The maximum atomic E-state index is 12.3. The van der Waals surface area contributed by atoms with E-state index >= 15 is 0 Å². The lowest BCUT2D eigenvalue weighted by Crippen LogP contribution is -2.25. The molecule has 3 rings (SSSR count). The van der Waals surface area contributed by atoms with Gasteiger partial charge < -0.3 is 9.73 Å². The standard InChI is InChI=1S/C18H16ClN3O4S/c19-15-8-6-14(7-9-15)17(23)20-11-10-16-21-22-18(26-16)27(24,25)12-13-4-2-1-3-5-13/h1-9H,10-12H2,(H,20,23). The lowest BCUT2D eigenvalue weighted by Gasteiger charge is -2.03. The van der Waals surface area contributed by atoms with Gasteiger partial charge in [0.05, 0.1) is 5.75 Å². The number of rotatable bonds is 7. The van der Waals surface area contributed by atoms with Crippen molar-refractivity contribution in [1.29, 1.82) is 0 Å². The summed E-state index contributed by atoms with van der Waals surface area (Å²) in [6.07, 6.45) is 0.215. The Morgan fingerprint density at radius 1 is 1.04 bits per heavy atom. The maximum absolute atomic E-state index is 12.3. The van der Waals surface area contributed by atoms with Gasteiger partial charge in [-0.2, -0.15) is 0 Å². The van der Waals surface area contributed by atoms with E-state index in [1.54, 1.807) is 54.6 Å². The van der Waals surface area contributed by atoms with Crippen molar-refractivity contribution >= 4 is 27.3 Å². The van der Waals surface area contributed by atoms with Crippen LogP contribution in [0.3, 0.4) is 0 Å². The molecule has 0 saturated carbocycles. The monoisotopic (exact) mass is 405 g/mol. The third-order valence-electron chi connectivity index (χ3n) is 3.64. The average Bonchev–Trinajstić information content (AvgIpc) is 3.13. The fourth-order valence-corrected chi connectivity index (χ4v) is 3.58. The van der Waals surface area contributed by atoms with Gasteiger partial charge in [0.15, 0.2) is 0 Å². The number of halogens is 1. The van der Waals surface area contributed by atoms with E-state index in [0.29, 0.717) is 16.1 Å². The first-order valence-corrected chi connectivity index (χ1v) is 10.1. The number of carbonyl (C=O) groups is 1. The van der Waals surface area contributed by atoms with Crippen molar-refractivity contribution in [3.05, 3.63) is 76.6 Å². The van der Waals surface area contributed by atoms with Gasteiger partial charge in [0.2, 0.25) is 15.7 Å². The van der Waals surface area contributed by atoms with Crippen LogP contribution in [0.15, 0.2) is 64.2 Å². The molecule has 7 nitrogen and oxygen atoms in total. The molecule has 1 heterocycles. The summed E-state index contributed by atoms with van der Waals surface area (Å²) in [7, 11) is -3.72. The minimum absolute atomic E-state index is 0.137. The Labute approximate surface area is 161 Å². The van der Waals surface area contributed by atoms with Crippen molar-refractivity contribution in [2.24, 2.45) is 0 Å². The predicted octanol–water partition coefficient (Wildman–Crippen LogP) is 2.67. The summed E-state index contributed by atoms with van der Waals surface area (Å²) in [5.41, 5.74) is 1.10. The van der Waals surface area contributed by atoms with Gasteiger partial charge in [-0.15, -0.1) is 5.10 Å². The molecule has 0 radical (unpaired) electrons. The predicted molar refractivity (Wildman–Crippen MR) is 99.1 cm³/mol. The van der Waals surface area contributed by atoms with Crippen molar-refractivity contribution in [3.8, 4) is 0 Å². The topological polar surface area (TPSA) is 102 Å². The van der Waals surface area contributed by atoms with Crippen LogP contribution in [-0.4, -0.2) is 31.1 Å². The van der Waals surface area contributed by atoms with Crippen LogP contribution in [0.1, 0.15) is 21.8 Å². The summed E-state index contributed by atoms with van der Waals surface area (Å²) >= 11 is 5.78. The van der Waals surface area contributed by atoms with Crippen LogP contribution in [0.2, 0.25) is 5.02 Å². The molecule has 9 heteroatoms. The molecule has 140 valence electrons. The highest BCUT2D eigenvalue weighted by Gasteiger charge is 2.23. The van der Waals surface area contributed by atoms with Crippen LogP contribution >= 0.6 is 11.6 Å². The fraction of sp³-hybridized carbons (Fsp3) is 0.167. The number of hydrogen-bond donors (Lipinski definition) is 1. The van der Waals surface area contributed by atoms with Gasteiger partial charge >= 0.3 is 5.22 Å². The summed E-state index contributed by atoms with van der Waals surface area (Å²) in [5.74, 6) is -0.357. The second-order valence-corrected chi connectivity index (χ2v) is 8.02. The van der Waals surface area contributed by atoms with E-state index in [2.05, 4.69) is 15.5 Å². The molecule has 0 aliphatic heterocycles. The Kier molecular flexibility index (Phi) is 5.88. The number of aromatic nitrogens is 2. The molecule has 0 aliphatic rings. The summed E-state index contributed by atoms with van der Waals surface area (Å²) < 4.78 is 29.9. The quantitative estimate of drug-likeness (QED) is 0.648. The van der Waals surface area contributed by atoms with Gasteiger partial charge in [-0.1, -0.05) is 47.0 Å². The van der Waals surface area contributed by atoms with Crippen LogP contribution in [0.5, 0.6) is 0 Å². The number of nitrogens with one attached hydrogen (secondary N) is 1. The van der Waals surface area contributed by atoms with Crippen molar-refractivity contribution in [2.45, 2.75) is 17.4 Å². The van der Waals surface area contributed by atoms with E-state index in [1.807, 2.05) is 0 Å². The molecule has 3 aromatic rings. The van der Waals surface area contributed by atoms with Crippen molar-refractivity contribution in [2.75, 3.05) is 6.54 Å². The van der Waals surface area contributed by atoms with Crippen LogP contribution in [-0.2, 0) is 22.0 Å². The first-order chi connectivity index (χ1) is 12.9. The third kappa shape index (κ3) is 5.15. The largest absolute Gasteiger partial charge is 0.412 e. The highest BCUT2D eigenvalue weighted by molar-refractivity contribution is 7.90. The van der Waals surface area contributed by atoms with Gasteiger partial charge in [0.25, 0.3) is 5.91 Å². The Morgan fingerprint density at radius 2 is 1.74 bits per heavy atom. The number of benzene rings is 2. The van der Waals surface area contributed by atoms with Gasteiger partial charge in [0.1, 0.15) is 0 Å². The lowest BCUT2D eigenvalue weighted by molar-refractivity contribution is 0.0953. The molecule has 0 fully saturated rings. The van der Waals surface area contributed by atoms with E-state index in [4.69, 9.17) is 16.0 Å². The fourth-order valence-electron chi connectivity index (χ4n) is 2.31. The summed E-state index contributed by atoms with van der Waals surface area (Å²) in [6, 6.07) is 15.2. The molecule has 1 N–H and O–H groups in total. The Balaban J connectivity index is 1.56. The van der Waals surface area contributed by atoms with Crippen molar-refractivity contribution in [1.82, 2.24) is 15.5 Å². The summed E-state index contributed by atoms with van der Waals surface area (Å²) in [6.45, 7) is 0.224. The first-order valence-electron chi connectivity index (χ1n) is 8.07. The molecule has 27 heavy (non-hydrogen) atoms. The number of nitrogens with zero attached hydrogens (tertiary/aromatic N) is 2. The van der Waals surface area contributed by atoms with Gasteiger partial charge in [0, 0.05) is 23.6 Å². The summed E-state index contributed by atoms with van der Waals surface area (Å²) in [5, 5.41) is 10.2. The van der Waals surface area contributed by atoms with Crippen molar-refractivity contribution in [3.63, 3.8) is 0 Å². The van der Waals surface area contributed by atoms with Gasteiger partial charge in [-0.3, -0.25) is 4.79 Å². The van der Waals surface area contributed by atoms with Crippen LogP contribution in [0.25, 0.3) is 0 Å². The molecule has 0 bridgehead atoms. The van der Waals surface area contributed by atoms with E-state index in [-0.39, 0.29) is 30.5 Å². The Bertz CT molecular complexity index is 1020. The van der Waals surface area contributed by atoms with E-state index < -0.39 is 15.1 Å². The first kappa shape index (κ1) is 19.1. The molecule has 0 unspecified atom stereocenters. The minimum Gasteiger partial charge on any atom is -0.412 e. The molecule has 0 saturated heterocycles. The Hall–Kier alpha value is -2.71. The molecular formula is C18H16ClN3O4S. The molecule has 2 aromatic carbocycles. The Morgan fingerprint density at radius 3 is 2.44 bits per heavy atom. The van der Waals surface area contributed by atoms with Gasteiger partial charge in [-0.05, 0) is 29.8 Å². The SMILES string of the molecule is O=C(NCCc1nnc(S(=O)(=O)Cc2ccccc2)o1)c1ccc(Cl)cc1. The van der Waals surface area contributed by atoms with Crippen LogP contribution in [0.4, 0.5) is 0 Å². The molecule has 0 aliphatic carbocycles. The highest BCUT2D eigenvalue weighted by atomic mass is 35.5. The molecule has 1 aromatic heterocycles. The third-order valence-corrected chi connectivity index (χ3v) is 5.31. The number of carbonyl (C=O) groups excluding carboxylic acids is 1. The molecule has 0 spiro atoms. The van der Waals surface area contributed by atoms with Crippen LogP contribution in [0, 0.1) is 0 Å². The number of sulfone groups is 1. The van der Waals surface area contributed by atoms with Crippen LogP contribution < -0.4 is 5.32 Å². The van der Waals surface area contributed by atoms with Gasteiger partial charge in [-0.25, -0.2) is 8.42 Å². The molecule has 1 amide bonds. The maximum Gasteiger partial charge on any atom is 0.335 e. The highest BCUT2D eigenvalue weighted by Crippen LogP contribution is 2.15. The molecule has 0 atom stereocenters. The van der Waals surface area contributed by atoms with E-state index in [0.717, 1.165) is 0 Å². The zero-order chi connectivity index (χ0) is 19.3. The second-order valence-electron chi connectivity index (χ2n) is 5.72. The number of hydrogen-bond acceptors (Lipinski definition) is 6. The van der Waals surface area contributed by atoms with E-state index in [1.165, 1.54) is 0 Å². The van der Waals surface area contributed by atoms with E-state index in [9.17, 15) is 13.2 Å². The zero-order valence-corrected chi connectivity index (χ0v) is 15.7. The van der Waals surface area contributed by atoms with Crippen molar-refractivity contribution < 1.29 is 17.6 Å².